The van der Waals surface area contributed by atoms with Crippen molar-refractivity contribution < 1.29 is 21.6 Å². The fourth-order valence-corrected chi connectivity index (χ4v) is 2.31. The van der Waals surface area contributed by atoms with E-state index in [-0.39, 0.29) is 28.9 Å². The second kappa shape index (κ2) is 6.96. The molecule has 0 amide bonds. The van der Waals surface area contributed by atoms with Crippen LogP contribution < -0.4 is 4.74 Å². The van der Waals surface area contributed by atoms with Gasteiger partial charge in [-0.15, -0.1) is 0 Å². The van der Waals surface area contributed by atoms with Crippen LogP contribution in [-0.2, 0) is 10.8 Å². The third-order valence-electron chi connectivity index (χ3n) is 2.81. The normalized spacial score (nSPS) is 17.6. The van der Waals surface area contributed by atoms with Crippen LogP contribution in [0.15, 0.2) is 29.4 Å². The molecule has 22 heavy (non-hydrogen) atoms. The molecule has 0 fully saturated rings. The second-order valence-electron chi connectivity index (χ2n) is 4.40. The van der Waals surface area contributed by atoms with Crippen molar-refractivity contribution in [1.29, 1.82) is 0 Å². The molecule has 118 valence electrons. The van der Waals surface area contributed by atoms with Crippen LogP contribution in [0.5, 0.6) is 5.75 Å². The SMILES string of the molecule is [2H]C([2H])([2H])C(c1nc(S(C)=O)nc(-c2ccc(F)cc2)c1OCC)C([2H])([2H])[2H]. The molecule has 6 heteroatoms. The Labute approximate surface area is 140 Å². The number of ether oxygens (including phenoxy) is 1. The van der Waals surface area contributed by atoms with E-state index in [1.165, 1.54) is 30.5 Å². The van der Waals surface area contributed by atoms with Gasteiger partial charge in [-0.3, -0.25) is 4.21 Å². The molecule has 0 aliphatic heterocycles. The van der Waals surface area contributed by atoms with Crippen LogP contribution in [-0.4, -0.2) is 27.0 Å². The van der Waals surface area contributed by atoms with Crippen LogP contribution in [0.25, 0.3) is 11.3 Å². The lowest BCUT2D eigenvalue weighted by Gasteiger charge is -2.17. The van der Waals surface area contributed by atoms with E-state index >= 15 is 0 Å². The summed E-state index contributed by atoms with van der Waals surface area (Å²) in [6.07, 6.45) is 1.29. The Balaban J connectivity index is 2.90. The number of benzene rings is 1. The van der Waals surface area contributed by atoms with Gasteiger partial charge in [-0.25, -0.2) is 14.4 Å². The smallest absolute Gasteiger partial charge is 0.219 e. The van der Waals surface area contributed by atoms with Crippen molar-refractivity contribution in [1.82, 2.24) is 9.97 Å². The molecule has 1 aromatic carbocycles. The zero-order valence-corrected chi connectivity index (χ0v) is 12.9. The number of halogens is 1. The summed E-state index contributed by atoms with van der Waals surface area (Å²) in [4.78, 5) is 8.17. The van der Waals surface area contributed by atoms with Crippen molar-refractivity contribution in [2.45, 2.75) is 31.7 Å². The summed E-state index contributed by atoms with van der Waals surface area (Å²) >= 11 is 0. The number of aromatic nitrogens is 2. The predicted octanol–water partition coefficient (Wildman–Crippen LogP) is 3.54. The molecule has 0 bridgehead atoms. The molecule has 4 nitrogen and oxygen atoms in total. The van der Waals surface area contributed by atoms with E-state index in [1.807, 2.05) is 0 Å². The molecule has 1 aromatic heterocycles. The number of nitrogens with zero attached hydrogens (tertiary/aromatic N) is 2. The molecule has 1 unspecified atom stereocenters. The van der Waals surface area contributed by atoms with Crippen LogP contribution >= 0.6 is 0 Å². The lowest BCUT2D eigenvalue weighted by molar-refractivity contribution is 0.331. The zero-order chi connectivity index (χ0) is 21.3. The summed E-state index contributed by atoms with van der Waals surface area (Å²) in [6, 6.07) is 5.10. The molecule has 0 N–H and O–H groups in total. The standard InChI is InChI=1S/C16H19FN2O2S/c1-5-21-15-13(10(2)3)18-16(22(4)20)19-14(15)11-6-8-12(17)9-7-11/h6-10H,5H2,1-4H3/i2D3,3D3. The Hall–Kier alpha value is -1.82. The van der Waals surface area contributed by atoms with Crippen molar-refractivity contribution in [3.63, 3.8) is 0 Å². The maximum Gasteiger partial charge on any atom is 0.219 e. The molecule has 0 saturated carbocycles. The molecular formula is C16H19FN2O2S. The highest BCUT2D eigenvalue weighted by Crippen LogP contribution is 2.35. The summed E-state index contributed by atoms with van der Waals surface area (Å²) in [5, 5.41) is -0.240. The summed E-state index contributed by atoms with van der Waals surface area (Å²) in [7, 11) is -1.73. The fourth-order valence-electron chi connectivity index (χ4n) is 1.86. The summed E-state index contributed by atoms with van der Waals surface area (Å²) < 4.78 is 77.2. The van der Waals surface area contributed by atoms with E-state index in [0.29, 0.717) is 5.56 Å². The molecule has 0 radical (unpaired) electrons. The average molecular weight is 328 g/mol. The maximum atomic E-state index is 13.3. The molecule has 0 spiro atoms. The Kier molecular flexibility index (Phi) is 3.18. The zero-order valence-electron chi connectivity index (χ0n) is 18.1. The van der Waals surface area contributed by atoms with E-state index < -0.39 is 36.2 Å². The Morgan fingerprint density at radius 2 is 2.00 bits per heavy atom. The largest absolute Gasteiger partial charge is 0.490 e. The first-order valence-corrected chi connectivity index (χ1v) is 8.06. The summed E-state index contributed by atoms with van der Waals surface area (Å²) in [6.45, 7) is -4.16. The molecule has 1 atom stereocenters. The van der Waals surface area contributed by atoms with Gasteiger partial charge in [0.25, 0.3) is 0 Å². The predicted molar refractivity (Wildman–Crippen MR) is 85.0 cm³/mol. The van der Waals surface area contributed by atoms with Gasteiger partial charge in [0, 0.05) is 20.0 Å². The van der Waals surface area contributed by atoms with Crippen LogP contribution in [0.2, 0.25) is 0 Å². The van der Waals surface area contributed by atoms with Crippen LogP contribution in [0, 0.1) is 5.82 Å². The summed E-state index contributed by atoms with van der Waals surface area (Å²) in [5.74, 6) is -2.62. The first-order chi connectivity index (χ1) is 12.9. The third kappa shape index (κ3) is 3.50. The van der Waals surface area contributed by atoms with Crippen LogP contribution in [0.4, 0.5) is 4.39 Å². The van der Waals surface area contributed by atoms with Crippen molar-refractivity contribution in [2.24, 2.45) is 0 Å². The topological polar surface area (TPSA) is 52.1 Å². The van der Waals surface area contributed by atoms with E-state index in [9.17, 15) is 8.60 Å². The molecule has 2 rings (SSSR count). The van der Waals surface area contributed by atoms with E-state index in [0.717, 1.165) is 0 Å². The van der Waals surface area contributed by atoms with E-state index in [2.05, 4.69) is 9.97 Å². The fraction of sp³-hybridized carbons (Fsp3) is 0.375. The van der Waals surface area contributed by atoms with Crippen molar-refractivity contribution >= 4 is 10.8 Å². The number of hydrogen-bond donors (Lipinski definition) is 0. The van der Waals surface area contributed by atoms with Crippen LogP contribution in [0.1, 0.15) is 40.5 Å². The molecule has 2 aromatic rings. The maximum absolute atomic E-state index is 13.3. The van der Waals surface area contributed by atoms with Crippen molar-refractivity contribution in [2.75, 3.05) is 12.9 Å². The van der Waals surface area contributed by atoms with Gasteiger partial charge in [-0.2, -0.15) is 0 Å². The van der Waals surface area contributed by atoms with Crippen molar-refractivity contribution in [3.05, 3.63) is 35.8 Å². The monoisotopic (exact) mass is 328 g/mol. The van der Waals surface area contributed by atoms with E-state index in [4.69, 9.17) is 13.0 Å². The van der Waals surface area contributed by atoms with Gasteiger partial charge in [0.05, 0.1) is 23.1 Å². The first-order valence-electron chi connectivity index (χ1n) is 9.50. The van der Waals surface area contributed by atoms with Crippen LogP contribution in [0.3, 0.4) is 0 Å². The van der Waals surface area contributed by atoms with Gasteiger partial charge in [-0.05, 0) is 37.1 Å². The van der Waals surface area contributed by atoms with Gasteiger partial charge in [0.2, 0.25) is 5.16 Å². The van der Waals surface area contributed by atoms with Gasteiger partial charge < -0.3 is 4.74 Å². The minimum atomic E-state index is -2.93. The highest BCUT2D eigenvalue weighted by Gasteiger charge is 2.20. The van der Waals surface area contributed by atoms with Crippen molar-refractivity contribution in [3.8, 4) is 17.0 Å². The molecule has 0 aliphatic carbocycles. The van der Waals surface area contributed by atoms with Gasteiger partial charge in [0.15, 0.2) is 5.75 Å². The minimum absolute atomic E-state index is 0.0514. The Bertz CT molecular complexity index is 857. The summed E-state index contributed by atoms with van der Waals surface area (Å²) in [5.41, 5.74) is 0.0203. The molecule has 0 aliphatic rings. The van der Waals surface area contributed by atoms with Gasteiger partial charge in [-0.1, -0.05) is 13.7 Å². The molecule has 1 heterocycles. The first kappa shape index (κ1) is 10.0. The Morgan fingerprint density at radius 3 is 2.55 bits per heavy atom. The number of rotatable bonds is 5. The second-order valence-corrected chi connectivity index (χ2v) is 5.67. The highest BCUT2D eigenvalue weighted by atomic mass is 32.2. The Morgan fingerprint density at radius 1 is 1.32 bits per heavy atom. The lowest BCUT2D eigenvalue weighted by atomic mass is 10.0. The molecule has 0 saturated heterocycles. The molecular weight excluding hydrogens is 303 g/mol. The highest BCUT2D eigenvalue weighted by molar-refractivity contribution is 7.84. The minimum Gasteiger partial charge on any atom is -0.490 e. The van der Waals surface area contributed by atoms with Gasteiger partial charge in [0.1, 0.15) is 11.5 Å². The van der Waals surface area contributed by atoms with Gasteiger partial charge >= 0.3 is 0 Å². The third-order valence-corrected chi connectivity index (χ3v) is 3.50. The lowest BCUT2D eigenvalue weighted by Crippen LogP contribution is -2.09. The number of hydrogen-bond acceptors (Lipinski definition) is 4. The quantitative estimate of drug-likeness (QED) is 0.788. The van der Waals surface area contributed by atoms with E-state index in [1.54, 1.807) is 6.92 Å². The average Bonchev–Trinajstić information content (AvgIpc) is 2.54.